The third-order valence-electron chi connectivity index (χ3n) is 2.10. The predicted octanol–water partition coefficient (Wildman–Crippen LogP) is -0.263. The first-order chi connectivity index (χ1) is 6.59. The molecule has 1 aliphatic heterocycles. The van der Waals surface area contributed by atoms with Crippen LogP contribution in [0.5, 0.6) is 0 Å². The summed E-state index contributed by atoms with van der Waals surface area (Å²) in [5.74, 6) is -0.0305. The molecule has 4 nitrogen and oxygen atoms in total. The third-order valence-corrected chi connectivity index (χ3v) is 3.65. The maximum absolute atomic E-state index is 10.6. The Morgan fingerprint density at radius 2 is 2.00 bits per heavy atom. The van der Waals surface area contributed by atoms with E-state index >= 15 is 0 Å². The first kappa shape index (κ1) is 11.7. The highest BCUT2D eigenvalue weighted by Gasteiger charge is 2.16. The van der Waals surface area contributed by atoms with Crippen LogP contribution >= 0.6 is 24.0 Å². The van der Waals surface area contributed by atoms with Crippen LogP contribution in [0, 0.1) is 0 Å². The van der Waals surface area contributed by atoms with Crippen LogP contribution in [0.15, 0.2) is 0 Å². The minimum atomic E-state index is -0.313. The zero-order chi connectivity index (χ0) is 10.6. The molecule has 0 aromatic heterocycles. The molecule has 80 valence electrons. The van der Waals surface area contributed by atoms with E-state index in [0.29, 0.717) is 0 Å². The van der Waals surface area contributed by atoms with Gasteiger partial charge in [-0.15, -0.1) is 0 Å². The predicted molar refractivity (Wildman–Crippen MR) is 63.3 cm³/mol. The lowest BCUT2D eigenvalue weighted by atomic mass is 10.4. The Balaban J connectivity index is 2.27. The van der Waals surface area contributed by atoms with Crippen molar-refractivity contribution in [2.45, 2.75) is 0 Å². The molecule has 6 heteroatoms. The molecule has 14 heavy (non-hydrogen) atoms. The van der Waals surface area contributed by atoms with Gasteiger partial charge in [-0.05, 0) is 7.05 Å². The molecule has 1 saturated heterocycles. The molecule has 0 aliphatic carbocycles. The summed E-state index contributed by atoms with van der Waals surface area (Å²) in [4.78, 5) is 14.9. The van der Waals surface area contributed by atoms with Gasteiger partial charge in [0.15, 0.2) is 0 Å². The lowest BCUT2D eigenvalue weighted by Gasteiger charge is -2.33. The molecular formula is C8H15N3OS2. The molecule has 0 saturated carbocycles. The number of thioether (sulfide) groups is 1. The second-order valence-electron chi connectivity index (χ2n) is 3.31. The van der Waals surface area contributed by atoms with Gasteiger partial charge in [0.1, 0.15) is 4.32 Å². The molecule has 0 radical (unpaired) electrons. The van der Waals surface area contributed by atoms with Crippen molar-refractivity contribution in [2.75, 3.05) is 39.0 Å². The van der Waals surface area contributed by atoms with Crippen LogP contribution in [0.1, 0.15) is 0 Å². The first-order valence-corrected chi connectivity index (χ1v) is 5.87. The second kappa shape index (κ2) is 5.53. The molecule has 0 spiro atoms. The number of carbonyl (C=O) groups is 1. The van der Waals surface area contributed by atoms with Crippen molar-refractivity contribution in [1.82, 2.24) is 9.80 Å². The summed E-state index contributed by atoms with van der Waals surface area (Å²) in [6.45, 7) is 3.94. The van der Waals surface area contributed by atoms with Crippen LogP contribution in [0.3, 0.4) is 0 Å². The molecule has 1 aliphatic rings. The maximum atomic E-state index is 10.6. The fourth-order valence-corrected chi connectivity index (χ4v) is 2.20. The molecule has 1 amide bonds. The van der Waals surface area contributed by atoms with Gasteiger partial charge in [-0.3, -0.25) is 4.79 Å². The smallest absolute Gasteiger partial charge is 0.227 e. The number of primary amides is 1. The molecule has 0 unspecified atom stereocenters. The minimum Gasteiger partial charge on any atom is -0.369 e. The number of nitrogens with two attached hydrogens (primary N) is 1. The van der Waals surface area contributed by atoms with Gasteiger partial charge in [0, 0.05) is 26.2 Å². The van der Waals surface area contributed by atoms with E-state index in [1.54, 1.807) is 0 Å². The summed E-state index contributed by atoms with van der Waals surface area (Å²) >= 11 is 6.55. The first-order valence-electron chi connectivity index (χ1n) is 4.48. The van der Waals surface area contributed by atoms with Crippen LogP contribution < -0.4 is 5.73 Å². The number of carbonyl (C=O) groups excluding carboxylic acids is 1. The Bertz CT molecular complexity index is 227. The van der Waals surface area contributed by atoms with E-state index in [4.69, 9.17) is 18.0 Å². The number of hydrogen-bond donors (Lipinski definition) is 1. The number of nitrogens with zero attached hydrogens (tertiary/aromatic N) is 2. The van der Waals surface area contributed by atoms with Crippen molar-refractivity contribution in [3.8, 4) is 0 Å². The largest absolute Gasteiger partial charge is 0.369 e. The van der Waals surface area contributed by atoms with Crippen LogP contribution in [0.25, 0.3) is 0 Å². The average Bonchev–Trinajstić information content (AvgIpc) is 2.15. The molecule has 1 rings (SSSR count). The maximum Gasteiger partial charge on any atom is 0.227 e. The zero-order valence-corrected chi connectivity index (χ0v) is 9.87. The normalized spacial score (nSPS) is 18.2. The number of piperazine rings is 1. The Kier molecular flexibility index (Phi) is 4.64. The lowest BCUT2D eigenvalue weighted by molar-refractivity contribution is -0.115. The quantitative estimate of drug-likeness (QED) is 0.666. The van der Waals surface area contributed by atoms with Crippen molar-refractivity contribution in [3.05, 3.63) is 0 Å². The Hall–Kier alpha value is -0.330. The van der Waals surface area contributed by atoms with Gasteiger partial charge in [-0.2, -0.15) is 0 Å². The highest BCUT2D eigenvalue weighted by Crippen LogP contribution is 2.11. The number of thiocarbonyl (C=S) groups is 1. The summed E-state index contributed by atoms with van der Waals surface area (Å²) in [5, 5.41) is 0. The second-order valence-corrected chi connectivity index (χ2v) is 4.92. The van der Waals surface area contributed by atoms with Crippen LogP contribution in [0.4, 0.5) is 0 Å². The summed E-state index contributed by atoms with van der Waals surface area (Å²) < 4.78 is 0.789. The lowest BCUT2D eigenvalue weighted by Crippen LogP contribution is -2.46. The van der Waals surface area contributed by atoms with Crippen LogP contribution in [-0.2, 0) is 4.79 Å². The van der Waals surface area contributed by atoms with E-state index in [9.17, 15) is 4.79 Å². The highest BCUT2D eigenvalue weighted by atomic mass is 32.2. The van der Waals surface area contributed by atoms with Crippen molar-refractivity contribution < 1.29 is 4.79 Å². The van der Waals surface area contributed by atoms with Gasteiger partial charge >= 0.3 is 0 Å². The van der Waals surface area contributed by atoms with Gasteiger partial charge < -0.3 is 15.5 Å². The Labute approximate surface area is 93.8 Å². The van der Waals surface area contributed by atoms with Crippen molar-refractivity contribution in [2.24, 2.45) is 5.73 Å². The number of likely N-dealkylation sites (N-methyl/N-ethyl adjacent to an activating group) is 1. The van der Waals surface area contributed by atoms with E-state index in [1.807, 2.05) is 0 Å². The summed E-state index contributed by atoms with van der Waals surface area (Å²) in [6.07, 6.45) is 0. The van der Waals surface area contributed by atoms with Gasteiger partial charge in [0.25, 0.3) is 0 Å². The van der Waals surface area contributed by atoms with Gasteiger partial charge in [0.2, 0.25) is 5.91 Å². The molecule has 0 aromatic carbocycles. The van der Waals surface area contributed by atoms with E-state index < -0.39 is 0 Å². The number of hydrogen-bond acceptors (Lipinski definition) is 4. The Morgan fingerprint density at radius 3 is 2.50 bits per heavy atom. The minimum absolute atomic E-state index is 0.283. The topological polar surface area (TPSA) is 49.6 Å². The monoisotopic (exact) mass is 233 g/mol. The van der Waals surface area contributed by atoms with E-state index in [2.05, 4.69) is 16.8 Å². The molecule has 1 heterocycles. The van der Waals surface area contributed by atoms with Gasteiger partial charge in [-0.25, -0.2) is 0 Å². The standard InChI is InChI=1S/C8H15N3OS2/c1-10-2-4-11(5-3-10)8(13)14-6-7(9)12/h2-6H2,1H3,(H2,9,12). The fraction of sp³-hybridized carbons (Fsp3) is 0.750. The molecule has 0 atom stereocenters. The number of amides is 1. The molecule has 2 N–H and O–H groups in total. The van der Waals surface area contributed by atoms with Gasteiger partial charge in [-0.1, -0.05) is 24.0 Å². The van der Waals surface area contributed by atoms with Crippen molar-refractivity contribution in [3.63, 3.8) is 0 Å². The van der Waals surface area contributed by atoms with Gasteiger partial charge in [0.05, 0.1) is 5.75 Å². The van der Waals surface area contributed by atoms with E-state index in [-0.39, 0.29) is 11.7 Å². The molecular weight excluding hydrogens is 218 g/mol. The summed E-state index contributed by atoms with van der Waals surface area (Å²) in [5.41, 5.74) is 5.05. The van der Waals surface area contributed by atoms with Crippen molar-refractivity contribution in [1.29, 1.82) is 0 Å². The highest BCUT2D eigenvalue weighted by molar-refractivity contribution is 8.23. The third kappa shape index (κ3) is 3.81. The van der Waals surface area contributed by atoms with E-state index in [0.717, 1.165) is 30.5 Å². The molecule has 0 aromatic rings. The van der Waals surface area contributed by atoms with E-state index in [1.165, 1.54) is 11.8 Å². The SMILES string of the molecule is CN1CCN(C(=S)SCC(N)=O)CC1. The Morgan fingerprint density at radius 1 is 1.43 bits per heavy atom. The molecule has 1 fully saturated rings. The fourth-order valence-electron chi connectivity index (χ4n) is 1.21. The van der Waals surface area contributed by atoms with Crippen LogP contribution in [-0.4, -0.2) is 59.0 Å². The summed E-state index contributed by atoms with van der Waals surface area (Å²) in [7, 11) is 2.09. The molecule has 0 bridgehead atoms. The summed E-state index contributed by atoms with van der Waals surface area (Å²) in [6, 6.07) is 0. The zero-order valence-electron chi connectivity index (χ0n) is 8.23. The number of rotatable bonds is 2. The van der Waals surface area contributed by atoms with Crippen molar-refractivity contribution >= 4 is 34.2 Å². The van der Waals surface area contributed by atoms with Crippen LogP contribution in [0.2, 0.25) is 0 Å². The average molecular weight is 233 g/mol.